The van der Waals surface area contributed by atoms with E-state index in [4.69, 9.17) is 9.47 Å². The lowest BCUT2D eigenvalue weighted by Crippen LogP contribution is -2.47. The van der Waals surface area contributed by atoms with Gasteiger partial charge in [0.2, 0.25) is 0 Å². The van der Waals surface area contributed by atoms with Crippen LogP contribution < -0.4 is 0 Å². The van der Waals surface area contributed by atoms with Gasteiger partial charge in [-0.05, 0) is 86.8 Å². The zero-order valence-electron chi connectivity index (χ0n) is 15.8. The van der Waals surface area contributed by atoms with Crippen LogP contribution in [0.15, 0.2) is 22.8 Å². The van der Waals surface area contributed by atoms with Gasteiger partial charge in [0.15, 0.2) is 12.1 Å². The number of carbonyl (C=O) groups excluding carboxylic acids is 1. The number of hydrogen-bond acceptors (Lipinski definition) is 3. The zero-order valence-corrected chi connectivity index (χ0v) is 15.8. The number of allylic oxidation sites excluding steroid dienone is 4. The number of ketones is 1. The van der Waals surface area contributed by atoms with Crippen molar-refractivity contribution in [3.8, 4) is 0 Å². The third-order valence-corrected chi connectivity index (χ3v) is 8.38. The predicted octanol–water partition coefficient (Wildman–Crippen LogP) is 4.57. The molecule has 5 aliphatic carbocycles. The van der Waals surface area contributed by atoms with Gasteiger partial charge in [0.1, 0.15) is 0 Å². The molecule has 0 aromatic heterocycles. The van der Waals surface area contributed by atoms with Gasteiger partial charge in [-0.3, -0.25) is 4.79 Å². The molecule has 5 rings (SSSR count). The second kappa shape index (κ2) is 5.29. The Morgan fingerprint density at radius 3 is 2.88 bits per heavy atom. The van der Waals surface area contributed by atoms with Gasteiger partial charge in [-0.15, -0.1) is 0 Å². The lowest BCUT2D eigenvalue weighted by molar-refractivity contribution is -0.197. The Morgan fingerprint density at radius 1 is 1.24 bits per heavy atom. The number of ether oxygens (including phenoxy) is 2. The van der Waals surface area contributed by atoms with E-state index >= 15 is 0 Å². The first-order chi connectivity index (χ1) is 12.0. The molecule has 0 bridgehead atoms. The van der Waals surface area contributed by atoms with Crippen LogP contribution in [0.25, 0.3) is 0 Å². The second-order valence-electron chi connectivity index (χ2n) is 9.26. The van der Waals surface area contributed by atoms with E-state index in [1.807, 2.05) is 13.0 Å². The predicted molar refractivity (Wildman–Crippen MR) is 95.9 cm³/mol. The van der Waals surface area contributed by atoms with E-state index in [9.17, 15) is 4.79 Å². The Balaban J connectivity index is 1.48. The largest absolute Gasteiger partial charge is 0.356 e. The third-order valence-electron chi connectivity index (χ3n) is 8.38. The highest BCUT2D eigenvalue weighted by Crippen LogP contribution is 2.75. The Morgan fingerprint density at radius 2 is 2.08 bits per heavy atom. The third kappa shape index (κ3) is 2.09. The highest BCUT2D eigenvalue weighted by molar-refractivity contribution is 5.93. The van der Waals surface area contributed by atoms with E-state index in [-0.39, 0.29) is 11.9 Å². The quantitative estimate of drug-likeness (QED) is 0.705. The number of rotatable bonds is 3. The van der Waals surface area contributed by atoms with Crippen LogP contribution in [-0.4, -0.2) is 24.8 Å². The van der Waals surface area contributed by atoms with Crippen LogP contribution in [0.5, 0.6) is 0 Å². The van der Waals surface area contributed by atoms with Gasteiger partial charge < -0.3 is 9.47 Å². The van der Waals surface area contributed by atoms with Gasteiger partial charge in [0, 0.05) is 18.9 Å². The minimum atomic E-state index is -0.106. The molecule has 0 heterocycles. The summed E-state index contributed by atoms with van der Waals surface area (Å²) in [5.41, 5.74) is 5.02. The molecular formula is C22H30O3. The molecule has 0 N–H and O–H groups in total. The second-order valence-corrected chi connectivity index (χ2v) is 9.26. The van der Waals surface area contributed by atoms with Gasteiger partial charge in [-0.1, -0.05) is 12.5 Å². The Bertz CT molecular complexity index is 689. The Labute approximate surface area is 150 Å². The van der Waals surface area contributed by atoms with Crippen molar-refractivity contribution in [2.45, 2.75) is 77.1 Å². The normalized spacial score (nSPS) is 46.0. The lowest BCUT2D eigenvalue weighted by Gasteiger charge is -2.51. The SMILES string of the molecule is COC(C)O[C@@]12C[C@@H]1C[C@H]1[C@@H]3CCC4=CC(=O)CCC4=C3CC[C@@]12C. The van der Waals surface area contributed by atoms with Crippen LogP contribution in [-0.2, 0) is 14.3 Å². The molecule has 6 atom stereocenters. The van der Waals surface area contributed by atoms with Crippen LogP contribution in [0.1, 0.15) is 65.2 Å². The number of carbonyl (C=O) groups is 1. The lowest BCUT2D eigenvalue weighted by atomic mass is 9.55. The molecule has 0 amide bonds. The maximum atomic E-state index is 11.8. The average Bonchev–Trinajstić information content (AvgIpc) is 3.24. The first-order valence-electron chi connectivity index (χ1n) is 10.1. The topological polar surface area (TPSA) is 35.5 Å². The zero-order chi connectivity index (χ0) is 17.4. The van der Waals surface area contributed by atoms with Crippen molar-refractivity contribution in [2.75, 3.05) is 7.11 Å². The molecule has 3 nitrogen and oxygen atoms in total. The van der Waals surface area contributed by atoms with Crippen molar-refractivity contribution in [3.63, 3.8) is 0 Å². The molecule has 0 aromatic carbocycles. The standard InChI is InChI=1S/C22H30O3/c1-13(24-3)25-22-12-15(22)11-20-19-6-4-14-10-16(23)5-7-17(14)18(19)8-9-21(20,22)2/h10,13,15,19-20H,4-9,11-12H2,1-3H3/t13?,15-,19+,20-,21-,22-/m0/s1. The molecule has 3 heteroatoms. The first kappa shape index (κ1) is 16.3. The molecule has 0 aromatic rings. The number of hydrogen-bond donors (Lipinski definition) is 0. The summed E-state index contributed by atoms with van der Waals surface area (Å²) in [7, 11) is 1.75. The van der Waals surface area contributed by atoms with E-state index in [2.05, 4.69) is 6.92 Å². The summed E-state index contributed by atoms with van der Waals surface area (Å²) in [5.74, 6) is 2.55. The van der Waals surface area contributed by atoms with E-state index in [1.165, 1.54) is 37.7 Å². The molecular weight excluding hydrogens is 312 g/mol. The Hall–Kier alpha value is -0.930. The van der Waals surface area contributed by atoms with Crippen LogP contribution in [0.2, 0.25) is 0 Å². The van der Waals surface area contributed by atoms with Crippen molar-refractivity contribution in [3.05, 3.63) is 22.8 Å². The van der Waals surface area contributed by atoms with Crippen molar-refractivity contribution >= 4 is 5.78 Å². The van der Waals surface area contributed by atoms with Crippen molar-refractivity contribution in [2.24, 2.45) is 23.2 Å². The van der Waals surface area contributed by atoms with Crippen LogP contribution in [0.4, 0.5) is 0 Å². The summed E-state index contributed by atoms with van der Waals surface area (Å²) in [5, 5.41) is 0. The van der Waals surface area contributed by atoms with Crippen LogP contribution in [0.3, 0.4) is 0 Å². The molecule has 25 heavy (non-hydrogen) atoms. The van der Waals surface area contributed by atoms with Gasteiger partial charge in [0.25, 0.3) is 0 Å². The monoisotopic (exact) mass is 342 g/mol. The van der Waals surface area contributed by atoms with Gasteiger partial charge in [-0.25, -0.2) is 0 Å². The molecule has 0 spiro atoms. The molecule has 5 aliphatic rings. The van der Waals surface area contributed by atoms with Gasteiger partial charge >= 0.3 is 0 Å². The maximum Gasteiger partial charge on any atom is 0.156 e. The summed E-state index contributed by atoms with van der Waals surface area (Å²) in [6, 6.07) is 0. The van der Waals surface area contributed by atoms with Crippen molar-refractivity contribution in [1.29, 1.82) is 0 Å². The summed E-state index contributed by atoms with van der Waals surface area (Å²) in [6.45, 7) is 4.54. The average molecular weight is 342 g/mol. The van der Waals surface area contributed by atoms with Crippen LogP contribution >= 0.6 is 0 Å². The maximum absolute atomic E-state index is 11.8. The molecule has 0 radical (unpaired) electrons. The number of fused-ring (bicyclic) bond motifs is 6. The van der Waals surface area contributed by atoms with Crippen molar-refractivity contribution in [1.82, 2.24) is 0 Å². The number of methoxy groups -OCH3 is 1. The van der Waals surface area contributed by atoms with Gasteiger partial charge in [-0.2, -0.15) is 0 Å². The smallest absolute Gasteiger partial charge is 0.156 e. The minimum Gasteiger partial charge on any atom is -0.356 e. The first-order valence-corrected chi connectivity index (χ1v) is 10.1. The summed E-state index contributed by atoms with van der Waals surface area (Å²) in [6.07, 6.45) is 10.9. The van der Waals surface area contributed by atoms with E-state index in [1.54, 1.807) is 18.3 Å². The Kier molecular flexibility index (Phi) is 3.44. The summed E-state index contributed by atoms with van der Waals surface area (Å²) < 4.78 is 11.9. The van der Waals surface area contributed by atoms with Crippen LogP contribution in [0, 0.1) is 23.2 Å². The molecule has 3 saturated carbocycles. The molecule has 0 saturated heterocycles. The van der Waals surface area contributed by atoms with Gasteiger partial charge in [0.05, 0.1) is 5.60 Å². The van der Waals surface area contributed by atoms with Crippen molar-refractivity contribution < 1.29 is 14.3 Å². The molecule has 0 aliphatic heterocycles. The fourth-order valence-corrected chi connectivity index (χ4v) is 7.03. The fourth-order valence-electron chi connectivity index (χ4n) is 7.03. The molecule has 136 valence electrons. The van der Waals surface area contributed by atoms with E-state index < -0.39 is 0 Å². The fraction of sp³-hybridized carbons (Fsp3) is 0.773. The minimum absolute atomic E-state index is 0.0714. The highest BCUT2D eigenvalue weighted by Gasteiger charge is 2.75. The summed E-state index contributed by atoms with van der Waals surface area (Å²) >= 11 is 0. The van der Waals surface area contributed by atoms with E-state index in [0.29, 0.717) is 11.2 Å². The van der Waals surface area contributed by atoms with E-state index in [0.717, 1.165) is 37.0 Å². The highest BCUT2D eigenvalue weighted by atomic mass is 16.7. The molecule has 1 unspecified atom stereocenters. The summed E-state index contributed by atoms with van der Waals surface area (Å²) in [4.78, 5) is 11.8. The molecule has 3 fully saturated rings.